The molecule has 0 fully saturated rings. The number of nitrogens with one attached hydrogen (secondary N) is 1. The molecule has 0 spiro atoms. The van der Waals surface area contributed by atoms with Crippen LogP contribution >= 0.6 is 11.3 Å². The van der Waals surface area contributed by atoms with Crippen molar-refractivity contribution in [2.24, 2.45) is 0 Å². The number of hydrogen-bond donors (Lipinski definition) is 2. The number of hydrogen-bond acceptors (Lipinski definition) is 3. The van der Waals surface area contributed by atoms with Crippen molar-refractivity contribution in [2.75, 3.05) is 0 Å². The van der Waals surface area contributed by atoms with Crippen LogP contribution in [-0.2, 0) is 24.3 Å². The van der Waals surface area contributed by atoms with Gasteiger partial charge in [0, 0.05) is 22.8 Å². The zero-order valence-electron chi connectivity index (χ0n) is 10.8. The lowest BCUT2D eigenvalue weighted by atomic mass is 10.1. The maximum absolute atomic E-state index is 10.6. The number of carboxylic acid groups (broad SMARTS) is 1. The summed E-state index contributed by atoms with van der Waals surface area (Å²) >= 11 is 1.56. The van der Waals surface area contributed by atoms with Crippen LogP contribution in [0.3, 0.4) is 0 Å². The SMILES string of the molecule is Cc1cccc(CNCc2ccc(CC(=O)O)s2)c1. The summed E-state index contributed by atoms with van der Waals surface area (Å²) in [6, 6.07) is 12.3. The first kappa shape index (κ1) is 13.8. The Labute approximate surface area is 116 Å². The fourth-order valence-corrected chi connectivity index (χ4v) is 2.89. The summed E-state index contributed by atoms with van der Waals surface area (Å²) in [4.78, 5) is 12.7. The average Bonchev–Trinajstić information content (AvgIpc) is 2.76. The Morgan fingerprint density at radius 1 is 1.21 bits per heavy atom. The van der Waals surface area contributed by atoms with Gasteiger partial charge in [-0.3, -0.25) is 4.79 Å². The van der Waals surface area contributed by atoms with E-state index in [1.54, 1.807) is 11.3 Å². The molecule has 0 atom stereocenters. The Hall–Kier alpha value is -1.65. The molecule has 0 radical (unpaired) electrons. The molecular weight excluding hydrogens is 258 g/mol. The van der Waals surface area contributed by atoms with Gasteiger partial charge in [-0.25, -0.2) is 0 Å². The van der Waals surface area contributed by atoms with Crippen LogP contribution in [0.15, 0.2) is 36.4 Å². The molecule has 2 rings (SSSR count). The van der Waals surface area contributed by atoms with Gasteiger partial charge >= 0.3 is 5.97 Å². The molecule has 0 aliphatic carbocycles. The van der Waals surface area contributed by atoms with Gasteiger partial charge in [-0.15, -0.1) is 11.3 Å². The maximum Gasteiger partial charge on any atom is 0.308 e. The molecule has 0 unspecified atom stereocenters. The molecule has 19 heavy (non-hydrogen) atoms. The Morgan fingerprint density at radius 2 is 2.00 bits per heavy atom. The molecule has 0 bridgehead atoms. The fourth-order valence-electron chi connectivity index (χ4n) is 1.91. The highest BCUT2D eigenvalue weighted by Crippen LogP contribution is 2.17. The van der Waals surface area contributed by atoms with Crippen LogP contribution in [0, 0.1) is 6.92 Å². The van der Waals surface area contributed by atoms with Crippen LogP contribution in [0.2, 0.25) is 0 Å². The summed E-state index contributed by atoms with van der Waals surface area (Å²) in [6.07, 6.45) is 0.114. The first-order chi connectivity index (χ1) is 9.13. The molecule has 4 heteroatoms. The molecule has 0 aliphatic heterocycles. The van der Waals surface area contributed by atoms with Crippen molar-refractivity contribution in [3.05, 3.63) is 57.3 Å². The van der Waals surface area contributed by atoms with Crippen LogP contribution in [0.5, 0.6) is 0 Å². The van der Waals surface area contributed by atoms with Crippen LogP contribution < -0.4 is 5.32 Å². The first-order valence-electron chi connectivity index (χ1n) is 6.19. The summed E-state index contributed by atoms with van der Waals surface area (Å²) in [5.41, 5.74) is 2.53. The predicted octanol–water partition coefficient (Wildman–Crippen LogP) is 2.97. The van der Waals surface area contributed by atoms with Crippen LogP contribution in [0.25, 0.3) is 0 Å². The maximum atomic E-state index is 10.6. The second-order valence-corrected chi connectivity index (χ2v) is 5.78. The molecule has 1 aromatic heterocycles. The third-order valence-corrected chi connectivity index (χ3v) is 3.84. The number of thiophene rings is 1. The molecular formula is C15H17NO2S. The van der Waals surface area contributed by atoms with Crippen molar-refractivity contribution in [1.29, 1.82) is 0 Å². The molecule has 1 heterocycles. The van der Waals surface area contributed by atoms with E-state index >= 15 is 0 Å². The van der Waals surface area contributed by atoms with Crippen molar-refractivity contribution >= 4 is 17.3 Å². The van der Waals surface area contributed by atoms with Gasteiger partial charge in [-0.2, -0.15) is 0 Å². The lowest BCUT2D eigenvalue weighted by Gasteiger charge is -2.04. The minimum atomic E-state index is -0.777. The Balaban J connectivity index is 1.82. The second kappa shape index (κ2) is 6.50. The normalized spacial score (nSPS) is 10.6. The molecule has 3 nitrogen and oxygen atoms in total. The number of benzene rings is 1. The smallest absolute Gasteiger partial charge is 0.308 e. The highest BCUT2D eigenvalue weighted by Gasteiger charge is 2.04. The van der Waals surface area contributed by atoms with Crippen molar-refractivity contribution in [2.45, 2.75) is 26.4 Å². The third kappa shape index (κ3) is 4.50. The van der Waals surface area contributed by atoms with Crippen LogP contribution in [0.4, 0.5) is 0 Å². The van der Waals surface area contributed by atoms with Crippen molar-refractivity contribution in [3.63, 3.8) is 0 Å². The van der Waals surface area contributed by atoms with Gasteiger partial charge in [0.25, 0.3) is 0 Å². The summed E-state index contributed by atoms with van der Waals surface area (Å²) in [5, 5.41) is 12.1. The van der Waals surface area contributed by atoms with E-state index in [-0.39, 0.29) is 6.42 Å². The minimum absolute atomic E-state index is 0.114. The Bertz CT molecular complexity index is 563. The van der Waals surface area contributed by atoms with Gasteiger partial charge in [0.05, 0.1) is 6.42 Å². The minimum Gasteiger partial charge on any atom is -0.481 e. The predicted molar refractivity (Wildman–Crippen MR) is 77.4 cm³/mol. The van der Waals surface area contributed by atoms with Gasteiger partial charge < -0.3 is 10.4 Å². The lowest BCUT2D eigenvalue weighted by Crippen LogP contribution is -2.11. The second-order valence-electron chi connectivity index (χ2n) is 4.53. The molecule has 0 aliphatic rings. The van der Waals surface area contributed by atoms with E-state index in [1.807, 2.05) is 12.1 Å². The molecule has 0 saturated carbocycles. The van der Waals surface area contributed by atoms with Gasteiger partial charge in [0.1, 0.15) is 0 Å². The Morgan fingerprint density at radius 3 is 2.74 bits per heavy atom. The van der Waals surface area contributed by atoms with Crippen molar-refractivity contribution in [1.82, 2.24) is 5.32 Å². The first-order valence-corrected chi connectivity index (χ1v) is 7.01. The number of aryl methyl sites for hydroxylation is 1. The van der Waals surface area contributed by atoms with Crippen LogP contribution in [0.1, 0.15) is 20.9 Å². The zero-order chi connectivity index (χ0) is 13.7. The highest BCUT2D eigenvalue weighted by molar-refractivity contribution is 7.12. The molecule has 2 aromatic rings. The average molecular weight is 275 g/mol. The monoisotopic (exact) mass is 275 g/mol. The number of aliphatic carboxylic acids is 1. The van der Waals surface area contributed by atoms with Gasteiger partial charge in [0.15, 0.2) is 0 Å². The number of carboxylic acids is 1. The van der Waals surface area contributed by atoms with E-state index in [0.717, 1.165) is 18.0 Å². The van der Waals surface area contributed by atoms with E-state index in [9.17, 15) is 4.79 Å². The van der Waals surface area contributed by atoms with Gasteiger partial charge in [-0.1, -0.05) is 29.8 Å². The van der Waals surface area contributed by atoms with E-state index < -0.39 is 5.97 Å². The highest BCUT2D eigenvalue weighted by atomic mass is 32.1. The molecule has 0 saturated heterocycles. The number of rotatable bonds is 6. The lowest BCUT2D eigenvalue weighted by molar-refractivity contribution is -0.136. The fraction of sp³-hybridized carbons (Fsp3) is 0.267. The summed E-state index contributed by atoms with van der Waals surface area (Å²) in [5.74, 6) is -0.777. The topological polar surface area (TPSA) is 49.3 Å². The van der Waals surface area contributed by atoms with Crippen molar-refractivity contribution in [3.8, 4) is 0 Å². The van der Waals surface area contributed by atoms with E-state index in [2.05, 4.69) is 36.5 Å². The molecule has 2 N–H and O–H groups in total. The molecule has 100 valence electrons. The summed E-state index contributed by atoms with van der Waals surface area (Å²) in [6.45, 7) is 3.69. The summed E-state index contributed by atoms with van der Waals surface area (Å²) in [7, 11) is 0. The molecule has 0 amide bonds. The summed E-state index contributed by atoms with van der Waals surface area (Å²) < 4.78 is 0. The van der Waals surface area contributed by atoms with E-state index in [1.165, 1.54) is 16.0 Å². The largest absolute Gasteiger partial charge is 0.481 e. The quantitative estimate of drug-likeness (QED) is 0.852. The molecule has 1 aromatic carbocycles. The van der Waals surface area contributed by atoms with Crippen LogP contribution in [-0.4, -0.2) is 11.1 Å². The van der Waals surface area contributed by atoms with E-state index in [0.29, 0.717) is 0 Å². The van der Waals surface area contributed by atoms with Gasteiger partial charge in [0.2, 0.25) is 0 Å². The third-order valence-electron chi connectivity index (χ3n) is 2.75. The standard InChI is InChI=1S/C15H17NO2S/c1-11-3-2-4-12(7-11)9-16-10-14-6-5-13(19-14)8-15(17)18/h2-7,16H,8-10H2,1H3,(H,17,18). The van der Waals surface area contributed by atoms with E-state index in [4.69, 9.17) is 5.11 Å². The van der Waals surface area contributed by atoms with Crippen molar-refractivity contribution < 1.29 is 9.90 Å². The Kier molecular flexibility index (Phi) is 4.71. The zero-order valence-corrected chi connectivity index (χ0v) is 11.7. The van der Waals surface area contributed by atoms with Gasteiger partial charge in [-0.05, 0) is 24.6 Å². The number of carbonyl (C=O) groups is 1.